The zero-order valence-corrected chi connectivity index (χ0v) is 12.4. The summed E-state index contributed by atoms with van der Waals surface area (Å²) in [5, 5.41) is 9.58. The summed E-state index contributed by atoms with van der Waals surface area (Å²) in [7, 11) is 2.13. The van der Waals surface area contributed by atoms with Gasteiger partial charge in [0.15, 0.2) is 0 Å². The van der Waals surface area contributed by atoms with E-state index in [-0.39, 0.29) is 5.91 Å². The molecule has 1 aliphatic heterocycles. The van der Waals surface area contributed by atoms with Gasteiger partial charge in [-0.15, -0.1) is 0 Å². The number of hydrazone groups is 1. The molecule has 20 heavy (non-hydrogen) atoms. The van der Waals surface area contributed by atoms with Gasteiger partial charge in [-0.05, 0) is 31.7 Å². The maximum absolute atomic E-state index is 11.1. The minimum Gasteiger partial charge on any atom is -0.326 e. The average molecular weight is 274 g/mol. The van der Waals surface area contributed by atoms with Crippen LogP contribution in [-0.2, 0) is 4.79 Å². The first-order valence-electron chi connectivity index (χ1n) is 6.91. The molecule has 1 aromatic carbocycles. The van der Waals surface area contributed by atoms with E-state index in [0.717, 1.165) is 43.1 Å². The van der Waals surface area contributed by atoms with E-state index in [9.17, 15) is 4.79 Å². The van der Waals surface area contributed by atoms with Gasteiger partial charge < -0.3 is 10.2 Å². The number of anilines is 1. The van der Waals surface area contributed by atoms with Crippen molar-refractivity contribution < 1.29 is 4.79 Å². The van der Waals surface area contributed by atoms with Crippen LogP contribution in [0.15, 0.2) is 29.4 Å². The second kappa shape index (κ2) is 6.52. The zero-order valence-electron chi connectivity index (χ0n) is 12.4. The van der Waals surface area contributed by atoms with Crippen LogP contribution in [0.25, 0.3) is 0 Å². The van der Waals surface area contributed by atoms with Crippen LogP contribution in [0.2, 0.25) is 0 Å². The molecule has 0 atom stereocenters. The summed E-state index contributed by atoms with van der Waals surface area (Å²) >= 11 is 0. The van der Waals surface area contributed by atoms with Gasteiger partial charge in [-0.3, -0.25) is 9.80 Å². The van der Waals surface area contributed by atoms with E-state index in [4.69, 9.17) is 0 Å². The summed E-state index contributed by atoms with van der Waals surface area (Å²) in [6.45, 7) is 7.52. The maximum Gasteiger partial charge on any atom is 0.221 e. The van der Waals surface area contributed by atoms with E-state index in [1.165, 1.54) is 6.92 Å². The van der Waals surface area contributed by atoms with Crippen molar-refractivity contribution in [1.29, 1.82) is 0 Å². The topological polar surface area (TPSA) is 47.9 Å². The van der Waals surface area contributed by atoms with Gasteiger partial charge >= 0.3 is 0 Å². The molecule has 1 amide bonds. The minimum absolute atomic E-state index is 0.0594. The van der Waals surface area contributed by atoms with Crippen LogP contribution < -0.4 is 5.32 Å². The number of piperazine rings is 1. The van der Waals surface area contributed by atoms with Crippen LogP contribution in [0, 0.1) is 0 Å². The smallest absolute Gasteiger partial charge is 0.221 e. The largest absolute Gasteiger partial charge is 0.326 e. The van der Waals surface area contributed by atoms with Crippen LogP contribution in [0.4, 0.5) is 5.69 Å². The van der Waals surface area contributed by atoms with E-state index in [1.54, 1.807) is 0 Å². The van der Waals surface area contributed by atoms with Crippen molar-refractivity contribution in [3.8, 4) is 0 Å². The Morgan fingerprint density at radius 3 is 2.55 bits per heavy atom. The highest BCUT2D eigenvalue weighted by atomic mass is 16.1. The molecule has 1 aromatic rings. The molecule has 1 heterocycles. The number of hydrogen-bond donors (Lipinski definition) is 1. The molecule has 0 radical (unpaired) electrons. The van der Waals surface area contributed by atoms with E-state index < -0.39 is 0 Å². The molecular weight excluding hydrogens is 252 g/mol. The number of nitrogens with one attached hydrogen (secondary N) is 1. The lowest BCUT2D eigenvalue weighted by molar-refractivity contribution is -0.114. The Labute approximate surface area is 120 Å². The van der Waals surface area contributed by atoms with Crippen LogP contribution in [0.1, 0.15) is 19.4 Å². The number of rotatable bonds is 3. The van der Waals surface area contributed by atoms with Crippen molar-refractivity contribution in [2.24, 2.45) is 5.10 Å². The molecule has 5 nitrogen and oxygen atoms in total. The molecule has 0 aromatic heterocycles. The molecule has 5 heteroatoms. The fourth-order valence-electron chi connectivity index (χ4n) is 2.19. The molecule has 2 rings (SSSR count). The second-order valence-electron chi connectivity index (χ2n) is 5.20. The Kier molecular flexibility index (Phi) is 4.74. The van der Waals surface area contributed by atoms with Gasteiger partial charge in [-0.2, -0.15) is 5.10 Å². The van der Waals surface area contributed by atoms with E-state index >= 15 is 0 Å². The van der Waals surface area contributed by atoms with Gasteiger partial charge in [0.25, 0.3) is 0 Å². The summed E-state index contributed by atoms with van der Waals surface area (Å²) in [5.74, 6) is -0.0594. The first-order chi connectivity index (χ1) is 9.54. The molecule has 0 bridgehead atoms. The quantitative estimate of drug-likeness (QED) is 0.852. The Morgan fingerprint density at radius 1 is 1.20 bits per heavy atom. The van der Waals surface area contributed by atoms with Crippen molar-refractivity contribution in [1.82, 2.24) is 9.91 Å². The predicted octanol–water partition coefficient (Wildman–Crippen LogP) is 1.62. The zero-order chi connectivity index (χ0) is 14.5. The maximum atomic E-state index is 11.1. The molecule has 0 unspecified atom stereocenters. The van der Waals surface area contributed by atoms with Gasteiger partial charge in [0.05, 0.1) is 5.71 Å². The molecule has 0 spiro atoms. The van der Waals surface area contributed by atoms with Crippen LogP contribution in [-0.4, -0.2) is 54.8 Å². The Balaban J connectivity index is 2.08. The number of benzene rings is 1. The normalized spacial score (nSPS) is 17.1. The highest BCUT2D eigenvalue weighted by Crippen LogP contribution is 2.12. The van der Waals surface area contributed by atoms with Crippen molar-refractivity contribution in [2.45, 2.75) is 13.8 Å². The molecular formula is C15H22N4O. The molecule has 1 N–H and O–H groups in total. The lowest BCUT2D eigenvalue weighted by atomic mass is 10.1. The van der Waals surface area contributed by atoms with Crippen LogP contribution in [0.5, 0.6) is 0 Å². The highest BCUT2D eigenvalue weighted by molar-refractivity contribution is 6.00. The van der Waals surface area contributed by atoms with Gasteiger partial charge in [0.2, 0.25) is 5.91 Å². The van der Waals surface area contributed by atoms with Gasteiger partial charge in [0.1, 0.15) is 0 Å². The third-order valence-electron chi connectivity index (χ3n) is 3.37. The lowest BCUT2D eigenvalue weighted by Gasteiger charge is -2.30. The SMILES string of the molecule is CC(=O)Nc1cccc(/C(C)=N/N2CCN(C)CC2)c1. The predicted molar refractivity (Wildman–Crippen MR) is 82.0 cm³/mol. The summed E-state index contributed by atoms with van der Waals surface area (Å²) in [6.07, 6.45) is 0. The standard InChI is InChI=1S/C15H22N4O/c1-12(17-19-9-7-18(3)8-10-19)14-5-4-6-15(11-14)16-13(2)20/h4-6,11H,7-10H2,1-3H3,(H,16,20)/b17-12+. The van der Waals surface area contributed by atoms with Gasteiger partial charge in [-0.25, -0.2) is 0 Å². The fraction of sp³-hybridized carbons (Fsp3) is 0.467. The Hall–Kier alpha value is -1.88. The number of carbonyl (C=O) groups excluding carboxylic acids is 1. The number of amides is 1. The van der Waals surface area contributed by atoms with E-state index in [1.807, 2.05) is 31.2 Å². The first-order valence-corrected chi connectivity index (χ1v) is 6.91. The Morgan fingerprint density at radius 2 is 1.90 bits per heavy atom. The van der Waals surface area contributed by atoms with Crippen molar-refractivity contribution in [3.05, 3.63) is 29.8 Å². The highest BCUT2D eigenvalue weighted by Gasteiger charge is 2.12. The molecule has 1 aliphatic rings. The fourth-order valence-corrected chi connectivity index (χ4v) is 2.19. The third kappa shape index (κ3) is 4.06. The molecule has 0 aliphatic carbocycles. The van der Waals surface area contributed by atoms with Gasteiger partial charge in [-0.1, -0.05) is 12.1 Å². The van der Waals surface area contributed by atoms with E-state index in [0.29, 0.717) is 0 Å². The summed E-state index contributed by atoms with van der Waals surface area (Å²) in [4.78, 5) is 13.4. The van der Waals surface area contributed by atoms with Crippen molar-refractivity contribution >= 4 is 17.3 Å². The van der Waals surface area contributed by atoms with Crippen LogP contribution in [0.3, 0.4) is 0 Å². The molecule has 1 saturated heterocycles. The number of likely N-dealkylation sites (N-methyl/N-ethyl adjacent to an activating group) is 1. The number of hydrogen-bond acceptors (Lipinski definition) is 4. The van der Waals surface area contributed by atoms with Crippen LogP contribution >= 0.6 is 0 Å². The monoisotopic (exact) mass is 274 g/mol. The first kappa shape index (κ1) is 14.5. The van der Waals surface area contributed by atoms with Crippen molar-refractivity contribution in [3.63, 3.8) is 0 Å². The number of carbonyl (C=O) groups is 1. The third-order valence-corrected chi connectivity index (χ3v) is 3.37. The average Bonchev–Trinajstić information content (AvgIpc) is 2.41. The lowest BCUT2D eigenvalue weighted by Crippen LogP contribution is -2.42. The van der Waals surface area contributed by atoms with E-state index in [2.05, 4.69) is 27.4 Å². The van der Waals surface area contributed by atoms with Gasteiger partial charge in [0, 0.05) is 38.8 Å². The minimum atomic E-state index is -0.0594. The number of nitrogens with zero attached hydrogens (tertiary/aromatic N) is 3. The Bertz CT molecular complexity index is 504. The second-order valence-corrected chi connectivity index (χ2v) is 5.20. The van der Waals surface area contributed by atoms with Crippen molar-refractivity contribution in [2.75, 3.05) is 38.5 Å². The molecule has 0 saturated carbocycles. The summed E-state index contributed by atoms with van der Waals surface area (Å²) in [5.41, 5.74) is 2.82. The summed E-state index contributed by atoms with van der Waals surface area (Å²) < 4.78 is 0. The molecule has 1 fully saturated rings. The molecule has 108 valence electrons. The summed E-state index contributed by atoms with van der Waals surface area (Å²) in [6, 6.07) is 7.79.